The molecule has 2 N–H and O–H groups in total. The summed E-state index contributed by atoms with van der Waals surface area (Å²) in [5.74, 6) is -2.53. The third kappa shape index (κ3) is 2.42. The molecule has 2 nitrogen and oxygen atoms in total. The maximum absolute atomic E-state index is 14.0. The molecule has 3 rings (SSSR count). The van der Waals surface area contributed by atoms with E-state index in [0.717, 1.165) is 43.4 Å². The zero-order valence-electron chi connectivity index (χ0n) is 11.5. The summed E-state index contributed by atoms with van der Waals surface area (Å²) in [7, 11) is 0. The molecule has 21 heavy (non-hydrogen) atoms. The summed E-state index contributed by atoms with van der Waals surface area (Å²) in [6.45, 7) is 0. The van der Waals surface area contributed by atoms with E-state index in [-0.39, 0.29) is 5.69 Å². The van der Waals surface area contributed by atoms with Crippen LogP contribution in [-0.4, -0.2) is 5.78 Å². The number of aryl methyl sites for hydroxylation is 2. The average molecular weight is 287 g/mol. The first kappa shape index (κ1) is 13.7. The van der Waals surface area contributed by atoms with Crippen LogP contribution in [0.4, 0.5) is 14.5 Å². The van der Waals surface area contributed by atoms with Crippen LogP contribution >= 0.6 is 0 Å². The van der Waals surface area contributed by atoms with Gasteiger partial charge in [0.05, 0.1) is 11.3 Å². The van der Waals surface area contributed by atoms with Crippen LogP contribution in [0, 0.1) is 11.6 Å². The number of anilines is 1. The molecular formula is C17H15F2NO. The zero-order valence-corrected chi connectivity index (χ0v) is 11.5. The molecule has 0 aliphatic heterocycles. The predicted molar refractivity (Wildman–Crippen MR) is 77.3 cm³/mol. The number of hydrogen-bond acceptors (Lipinski definition) is 2. The minimum Gasteiger partial charge on any atom is -0.396 e. The lowest BCUT2D eigenvalue weighted by Crippen LogP contribution is -2.11. The Bertz CT molecular complexity index is 725. The van der Waals surface area contributed by atoms with Gasteiger partial charge in [0, 0.05) is 5.56 Å². The van der Waals surface area contributed by atoms with Crippen LogP contribution in [0.5, 0.6) is 0 Å². The first-order chi connectivity index (χ1) is 10.1. The number of carbonyl (C=O) groups excluding carboxylic acids is 1. The smallest absolute Gasteiger partial charge is 0.199 e. The van der Waals surface area contributed by atoms with E-state index in [9.17, 15) is 13.6 Å². The van der Waals surface area contributed by atoms with Crippen molar-refractivity contribution < 1.29 is 13.6 Å². The van der Waals surface area contributed by atoms with Gasteiger partial charge in [-0.25, -0.2) is 8.78 Å². The van der Waals surface area contributed by atoms with E-state index in [4.69, 9.17) is 5.73 Å². The second-order valence-electron chi connectivity index (χ2n) is 5.35. The fourth-order valence-electron chi connectivity index (χ4n) is 2.80. The highest BCUT2D eigenvalue weighted by Gasteiger charge is 2.22. The van der Waals surface area contributed by atoms with Gasteiger partial charge in [-0.15, -0.1) is 0 Å². The first-order valence-corrected chi connectivity index (χ1v) is 6.98. The summed E-state index contributed by atoms with van der Waals surface area (Å²) < 4.78 is 27.7. The lowest BCUT2D eigenvalue weighted by atomic mass is 9.89. The normalized spacial score (nSPS) is 13.8. The van der Waals surface area contributed by atoms with Crippen molar-refractivity contribution in [2.45, 2.75) is 25.7 Å². The van der Waals surface area contributed by atoms with Gasteiger partial charge in [0.2, 0.25) is 0 Å². The number of rotatable bonds is 2. The Balaban J connectivity index is 2.05. The summed E-state index contributed by atoms with van der Waals surface area (Å²) in [4.78, 5) is 12.4. The summed E-state index contributed by atoms with van der Waals surface area (Å²) >= 11 is 0. The van der Waals surface area contributed by atoms with Crippen molar-refractivity contribution in [3.8, 4) is 0 Å². The Morgan fingerprint density at radius 2 is 1.71 bits per heavy atom. The molecule has 0 fully saturated rings. The molecule has 0 radical (unpaired) electrons. The largest absolute Gasteiger partial charge is 0.396 e. The van der Waals surface area contributed by atoms with E-state index in [0.29, 0.717) is 5.56 Å². The van der Waals surface area contributed by atoms with Gasteiger partial charge < -0.3 is 5.73 Å². The number of benzene rings is 2. The molecule has 1 aliphatic rings. The van der Waals surface area contributed by atoms with E-state index in [1.54, 1.807) is 12.1 Å². The van der Waals surface area contributed by atoms with Gasteiger partial charge in [0.15, 0.2) is 11.6 Å². The minimum absolute atomic E-state index is 0.224. The topological polar surface area (TPSA) is 43.1 Å². The van der Waals surface area contributed by atoms with Crippen LogP contribution in [-0.2, 0) is 12.8 Å². The van der Waals surface area contributed by atoms with E-state index in [1.165, 1.54) is 5.56 Å². The molecule has 1 aliphatic carbocycles. The molecular weight excluding hydrogens is 272 g/mol. The molecule has 0 atom stereocenters. The molecule has 108 valence electrons. The number of nitrogen functional groups attached to an aromatic ring is 1. The molecule has 0 bridgehead atoms. The number of fused-ring (bicyclic) bond motifs is 1. The fraction of sp³-hybridized carbons (Fsp3) is 0.235. The highest BCUT2D eigenvalue weighted by atomic mass is 19.1. The summed E-state index contributed by atoms with van der Waals surface area (Å²) in [5.41, 5.74) is 7.23. The van der Waals surface area contributed by atoms with Crippen molar-refractivity contribution in [3.63, 3.8) is 0 Å². The van der Waals surface area contributed by atoms with E-state index >= 15 is 0 Å². The van der Waals surface area contributed by atoms with Crippen molar-refractivity contribution in [2.24, 2.45) is 0 Å². The monoisotopic (exact) mass is 287 g/mol. The van der Waals surface area contributed by atoms with Crippen molar-refractivity contribution in [1.82, 2.24) is 0 Å². The third-order valence-corrected chi connectivity index (χ3v) is 3.96. The van der Waals surface area contributed by atoms with Gasteiger partial charge in [-0.2, -0.15) is 0 Å². The number of hydrogen-bond donors (Lipinski definition) is 1. The molecule has 4 heteroatoms. The van der Waals surface area contributed by atoms with Crippen LogP contribution < -0.4 is 5.73 Å². The summed E-state index contributed by atoms with van der Waals surface area (Å²) in [6, 6.07) is 7.40. The summed E-state index contributed by atoms with van der Waals surface area (Å²) in [5, 5.41) is 0. The maximum Gasteiger partial charge on any atom is 0.199 e. The molecule has 0 heterocycles. The SMILES string of the molecule is Nc1ccc(F)c(C(=O)c2ccc3c(c2)CCCC3)c1F. The predicted octanol–water partition coefficient (Wildman–Crippen LogP) is 3.66. The van der Waals surface area contributed by atoms with Gasteiger partial charge in [-0.05, 0) is 55.0 Å². The molecule has 0 saturated heterocycles. The van der Waals surface area contributed by atoms with E-state index in [2.05, 4.69) is 0 Å². The Kier molecular flexibility index (Phi) is 3.45. The summed E-state index contributed by atoms with van der Waals surface area (Å²) in [6.07, 6.45) is 4.10. The third-order valence-electron chi connectivity index (χ3n) is 3.96. The number of nitrogens with two attached hydrogens (primary N) is 1. The second-order valence-corrected chi connectivity index (χ2v) is 5.35. The van der Waals surface area contributed by atoms with Gasteiger partial charge >= 0.3 is 0 Å². The highest BCUT2D eigenvalue weighted by molar-refractivity contribution is 6.10. The van der Waals surface area contributed by atoms with Gasteiger partial charge in [0.1, 0.15) is 5.82 Å². The highest BCUT2D eigenvalue weighted by Crippen LogP contribution is 2.26. The number of carbonyl (C=O) groups is 1. The Hall–Kier alpha value is -2.23. The lowest BCUT2D eigenvalue weighted by Gasteiger charge is -2.16. The second kappa shape index (κ2) is 5.28. The van der Waals surface area contributed by atoms with Crippen molar-refractivity contribution >= 4 is 11.5 Å². The van der Waals surface area contributed by atoms with Crippen LogP contribution in [0.3, 0.4) is 0 Å². The van der Waals surface area contributed by atoms with Crippen LogP contribution in [0.1, 0.15) is 39.9 Å². The van der Waals surface area contributed by atoms with Gasteiger partial charge in [-0.3, -0.25) is 4.79 Å². The number of halogens is 2. The molecule has 2 aromatic rings. The molecule has 2 aromatic carbocycles. The molecule has 0 amide bonds. The van der Waals surface area contributed by atoms with Crippen LogP contribution in [0.2, 0.25) is 0 Å². The minimum atomic E-state index is -0.988. The quantitative estimate of drug-likeness (QED) is 0.676. The Labute approximate surface area is 121 Å². The molecule has 0 spiro atoms. The number of ketones is 1. The Morgan fingerprint density at radius 1 is 1.00 bits per heavy atom. The van der Waals surface area contributed by atoms with Crippen LogP contribution in [0.25, 0.3) is 0 Å². The standard InChI is InChI=1S/C17H15F2NO/c18-13-7-8-14(20)16(19)15(13)17(21)12-6-5-10-3-1-2-4-11(10)9-12/h5-9H,1-4,20H2. The van der Waals surface area contributed by atoms with Crippen molar-refractivity contribution in [3.05, 3.63) is 64.2 Å². The van der Waals surface area contributed by atoms with Crippen molar-refractivity contribution in [2.75, 3.05) is 5.73 Å². The molecule has 0 aromatic heterocycles. The van der Waals surface area contributed by atoms with E-state index < -0.39 is 23.0 Å². The lowest BCUT2D eigenvalue weighted by molar-refractivity contribution is 0.103. The fourth-order valence-corrected chi connectivity index (χ4v) is 2.80. The zero-order chi connectivity index (χ0) is 15.0. The molecule has 0 saturated carbocycles. The van der Waals surface area contributed by atoms with E-state index in [1.807, 2.05) is 6.07 Å². The van der Waals surface area contributed by atoms with Gasteiger partial charge in [-0.1, -0.05) is 12.1 Å². The Morgan fingerprint density at radius 3 is 2.48 bits per heavy atom. The first-order valence-electron chi connectivity index (χ1n) is 6.98. The molecule has 0 unspecified atom stereocenters. The van der Waals surface area contributed by atoms with Gasteiger partial charge in [0.25, 0.3) is 0 Å². The maximum atomic E-state index is 14.0. The van der Waals surface area contributed by atoms with Crippen LogP contribution in [0.15, 0.2) is 30.3 Å². The van der Waals surface area contributed by atoms with Crippen molar-refractivity contribution in [1.29, 1.82) is 0 Å². The average Bonchev–Trinajstić information content (AvgIpc) is 2.51.